The van der Waals surface area contributed by atoms with Gasteiger partial charge in [-0.1, -0.05) is 36.4 Å². The maximum absolute atomic E-state index is 2.36. The quantitative estimate of drug-likeness (QED) is 0.624. The van der Waals surface area contributed by atoms with Crippen molar-refractivity contribution >= 4 is 17.0 Å². The Kier molecular flexibility index (Phi) is 4.49. The first-order valence-corrected chi connectivity index (χ1v) is 8.15. The lowest BCUT2D eigenvalue weighted by Gasteiger charge is -2.24. The molecule has 0 saturated heterocycles. The summed E-state index contributed by atoms with van der Waals surface area (Å²) in [6.07, 6.45) is 10.5. The summed E-state index contributed by atoms with van der Waals surface area (Å²) in [4.78, 5) is 0. The maximum Gasteiger partial charge on any atom is -0.0146 e. The van der Waals surface area contributed by atoms with Crippen LogP contribution in [0.3, 0.4) is 0 Å². The normalized spacial score (nSPS) is 16.6. The zero-order chi connectivity index (χ0) is 13.4. The van der Waals surface area contributed by atoms with E-state index in [1.165, 1.54) is 62.5 Å². The van der Waals surface area contributed by atoms with Crippen LogP contribution in [0.4, 0.5) is 0 Å². The molecule has 110 valence electrons. The number of hydrogen-bond donors (Lipinski definition) is 0. The van der Waals surface area contributed by atoms with Gasteiger partial charge in [0.1, 0.15) is 0 Å². The third-order valence-corrected chi connectivity index (χ3v) is 5.08. The molecule has 0 unspecified atom stereocenters. The molecule has 2 aromatic carbocycles. The van der Waals surface area contributed by atoms with Crippen LogP contribution in [0.5, 0.6) is 0 Å². The van der Waals surface area contributed by atoms with E-state index in [2.05, 4.69) is 36.4 Å². The van der Waals surface area contributed by atoms with Crippen molar-refractivity contribution in [3.05, 3.63) is 58.7 Å². The van der Waals surface area contributed by atoms with Crippen LogP contribution >= 0.6 is 17.0 Å². The van der Waals surface area contributed by atoms with Gasteiger partial charge in [-0.25, -0.2) is 0 Å². The van der Waals surface area contributed by atoms with Crippen molar-refractivity contribution in [3.8, 4) is 11.1 Å². The van der Waals surface area contributed by atoms with Gasteiger partial charge >= 0.3 is 0 Å². The summed E-state index contributed by atoms with van der Waals surface area (Å²) in [6.45, 7) is 0. The molecule has 0 bridgehead atoms. The van der Waals surface area contributed by atoms with E-state index in [1.54, 1.807) is 22.3 Å². The van der Waals surface area contributed by atoms with Crippen LogP contribution in [0, 0.1) is 0 Å². The Morgan fingerprint density at radius 3 is 1.43 bits per heavy atom. The maximum atomic E-state index is 2.36. The van der Waals surface area contributed by atoms with Gasteiger partial charge in [-0.05, 0) is 84.7 Å². The molecule has 21 heavy (non-hydrogen) atoms. The number of rotatable bonds is 1. The molecule has 0 nitrogen and oxygen atoms in total. The Hall–Kier alpha value is -1.08. The molecule has 0 N–H and O–H groups in total. The van der Waals surface area contributed by atoms with E-state index in [0.29, 0.717) is 0 Å². The fraction of sp³-hybridized carbons (Fsp3) is 0.400. The second kappa shape index (κ2) is 6.36. The standard InChI is InChI=1S/C20H22.BrH/c1-3-11-17-15(7-1)9-5-13-19(17)20-14-6-10-16-8-2-4-12-18(16)20;/h5-6,9-10,13-14H,1-4,7-8,11-12H2;1H. The van der Waals surface area contributed by atoms with Gasteiger partial charge in [0, 0.05) is 0 Å². The first-order chi connectivity index (χ1) is 9.93. The van der Waals surface area contributed by atoms with Crippen molar-refractivity contribution in [2.75, 3.05) is 0 Å². The van der Waals surface area contributed by atoms with E-state index in [4.69, 9.17) is 0 Å². The lowest BCUT2D eigenvalue weighted by molar-refractivity contribution is 0.681. The van der Waals surface area contributed by atoms with E-state index < -0.39 is 0 Å². The van der Waals surface area contributed by atoms with Crippen LogP contribution in [-0.4, -0.2) is 0 Å². The van der Waals surface area contributed by atoms with E-state index >= 15 is 0 Å². The zero-order valence-electron chi connectivity index (χ0n) is 12.5. The van der Waals surface area contributed by atoms with Crippen LogP contribution in [-0.2, 0) is 25.7 Å². The van der Waals surface area contributed by atoms with Gasteiger partial charge < -0.3 is 0 Å². The predicted molar refractivity (Wildman–Crippen MR) is 95.5 cm³/mol. The van der Waals surface area contributed by atoms with Crippen molar-refractivity contribution in [1.82, 2.24) is 0 Å². The Bertz CT molecular complexity index is 585. The molecule has 0 fully saturated rings. The molecule has 1 heteroatoms. The highest BCUT2D eigenvalue weighted by Crippen LogP contribution is 2.36. The summed E-state index contributed by atoms with van der Waals surface area (Å²) < 4.78 is 0. The van der Waals surface area contributed by atoms with E-state index in [1.807, 2.05) is 0 Å². The molecule has 0 aliphatic heterocycles. The van der Waals surface area contributed by atoms with Crippen LogP contribution in [0.25, 0.3) is 11.1 Å². The van der Waals surface area contributed by atoms with E-state index in [-0.39, 0.29) is 17.0 Å². The van der Waals surface area contributed by atoms with Gasteiger partial charge in [0.05, 0.1) is 0 Å². The minimum absolute atomic E-state index is 0. The Morgan fingerprint density at radius 1 is 0.524 bits per heavy atom. The fourth-order valence-electron chi connectivity index (χ4n) is 4.07. The molecule has 0 atom stereocenters. The van der Waals surface area contributed by atoms with Crippen molar-refractivity contribution in [1.29, 1.82) is 0 Å². The average molecular weight is 343 g/mol. The van der Waals surface area contributed by atoms with Gasteiger partial charge in [0.15, 0.2) is 0 Å². The van der Waals surface area contributed by atoms with Gasteiger partial charge in [-0.15, -0.1) is 17.0 Å². The molecule has 0 aromatic heterocycles. The third kappa shape index (κ3) is 2.68. The Morgan fingerprint density at radius 2 is 0.952 bits per heavy atom. The largest absolute Gasteiger partial charge is 0.114 e. The highest BCUT2D eigenvalue weighted by molar-refractivity contribution is 8.93. The van der Waals surface area contributed by atoms with Gasteiger partial charge in [0.25, 0.3) is 0 Å². The lowest BCUT2D eigenvalue weighted by Crippen LogP contribution is -2.08. The van der Waals surface area contributed by atoms with Crippen molar-refractivity contribution in [3.63, 3.8) is 0 Å². The number of hydrogen-bond acceptors (Lipinski definition) is 0. The molecule has 2 aliphatic rings. The Labute approximate surface area is 138 Å². The van der Waals surface area contributed by atoms with E-state index in [9.17, 15) is 0 Å². The van der Waals surface area contributed by atoms with Gasteiger partial charge in [0.2, 0.25) is 0 Å². The highest BCUT2D eigenvalue weighted by atomic mass is 79.9. The number of halogens is 1. The number of fused-ring (bicyclic) bond motifs is 2. The third-order valence-electron chi connectivity index (χ3n) is 5.08. The zero-order valence-corrected chi connectivity index (χ0v) is 14.2. The molecule has 0 spiro atoms. The summed E-state index contributed by atoms with van der Waals surface area (Å²) in [5.74, 6) is 0. The van der Waals surface area contributed by atoms with E-state index in [0.717, 1.165) is 0 Å². The minimum Gasteiger partial charge on any atom is -0.114 e. The molecule has 0 amide bonds. The van der Waals surface area contributed by atoms with Crippen molar-refractivity contribution in [2.24, 2.45) is 0 Å². The topological polar surface area (TPSA) is 0 Å². The summed E-state index contributed by atoms with van der Waals surface area (Å²) >= 11 is 0. The molecule has 2 aliphatic carbocycles. The molecule has 0 radical (unpaired) electrons. The van der Waals surface area contributed by atoms with Crippen LogP contribution in [0.15, 0.2) is 36.4 Å². The first-order valence-electron chi connectivity index (χ1n) is 8.15. The molecule has 0 heterocycles. The van der Waals surface area contributed by atoms with Crippen molar-refractivity contribution in [2.45, 2.75) is 51.4 Å². The van der Waals surface area contributed by atoms with Crippen LogP contribution in [0.2, 0.25) is 0 Å². The number of benzene rings is 2. The Balaban J connectivity index is 0.00000132. The predicted octanol–water partition coefficient (Wildman–Crippen LogP) is 5.69. The van der Waals surface area contributed by atoms with Crippen LogP contribution < -0.4 is 0 Å². The van der Waals surface area contributed by atoms with Crippen LogP contribution in [0.1, 0.15) is 47.9 Å². The average Bonchev–Trinajstić information content (AvgIpc) is 2.54. The van der Waals surface area contributed by atoms with Gasteiger partial charge in [-0.3, -0.25) is 0 Å². The molecular formula is C20H23Br. The lowest BCUT2D eigenvalue weighted by atomic mass is 9.81. The molecule has 4 rings (SSSR count). The fourth-order valence-corrected chi connectivity index (χ4v) is 4.07. The second-order valence-corrected chi connectivity index (χ2v) is 6.30. The smallest absolute Gasteiger partial charge is 0.0146 e. The van der Waals surface area contributed by atoms with Crippen molar-refractivity contribution < 1.29 is 0 Å². The summed E-state index contributed by atoms with van der Waals surface area (Å²) in [6, 6.07) is 13.9. The van der Waals surface area contributed by atoms with Gasteiger partial charge in [-0.2, -0.15) is 0 Å². The molecule has 0 saturated carbocycles. The summed E-state index contributed by atoms with van der Waals surface area (Å²) in [5, 5.41) is 0. The summed E-state index contributed by atoms with van der Waals surface area (Å²) in [5.41, 5.74) is 9.53. The monoisotopic (exact) mass is 342 g/mol. The highest BCUT2D eigenvalue weighted by Gasteiger charge is 2.18. The molecule has 2 aromatic rings. The first kappa shape index (κ1) is 14.8. The SMILES string of the molecule is Br.c1cc2c(c(-c3cccc4c3CCCC4)c1)CCCC2. The minimum atomic E-state index is 0. The second-order valence-electron chi connectivity index (χ2n) is 6.30. The molecular weight excluding hydrogens is 320 g/mol. The summed E-state index contributed by atoms with van der Waals surface area (Å²) in [7, 11) is 0. The number of aryl methyl sites for hydroxylation is 2.